The van der Waals surface area contributed by atoms with Crippen molar-refractivity contribution < 1.29 is 29.4 Å². The zero-order valence-corrected chi connectivity index (χ0v) is 22.7. The van der Waals surface area contributed by atoms with E-state index in [9.17, 15) is 19.2 Å². The Morgan fingerprint density at radius 2 is 1.73 bits per heavy atom. The Labute approximate surface area is 220 Å². The van der Waals surface area contributed by atoms with Crippen molar-refractivity contribution in [1.82, 2.24) is 10.6 Å². The predicted octanol–water partition coefficient (Wildman–Crippen LogP) is 2.46. The van der Waals surface area contributed by atoms with Crippen LogP contribution in [0.5, 0.6) is 5.75 Å². The fourth-order valence-corrected chi connectivity index (χ4v) is 3.43. The van der Waals surface area contributed by atoms with Crippen molar-refractivity contribution in [1.29, 1.82) is 0 Å². The number of nitrogens with one attached hydrogen (secondary N) is 2. The van der Waals surface area contributed by atoms with E-state index < -0.39 is 17.9 Å². The van der Waals surface area contributed by atoms with E-state index in [0.29, 0.717) is 19.3 Å². The summed E-state index contributed by atoms with van der Waals surface area (Å²) in [7, 11) is 0. The number of hydrogen-bond acceptors (Lipinski definition) is 6. The maximum atomic E-state index is 11.7. The molecule has 1 saturated heterocycles. The van der Waals surface area contributed by atoms with Crippen LogP contribution in [0, 0.1) is 11.3 Å². The summed E-state index contributed by atoms with van der Waals surface area (Å²) in [4.78, 5) is 43.3. The van der Waals surface area contributed by atoms with Crippen molar-refractivity contribution in [2.45, 2.75) is 85.1 Å². The number of carbonyl (C=O) groups is 4. The summed E-state index contributed by atoms with van der Waals surface area (Å²) in [6.07, 6.45) is 5.18. The number of aliphatic carboxylic acids is 1. The predicted molar refractivity (Wildman–Crippen MR) is 144 cm³/mol. The molecule has 0 radical (unpaired) electrons. The molecule has 0 aromatic heterocycles. The highest BCUT2D eigenvalue weighted by Crippen LogP contribution is 2.21. The van der Waals surface area contributed by atoms with Crippen molar-refractivity contribution in [2.75, 3.05) is 13.1 Å². The molecule has 10 nitrogen and oxygen atoms in total. The second kappa shape index (κ2) is 18.2. The molecule has 2 unspecified atom stereocenters. The van der Waals surface area contributed by atoms with Crippen molar-refractivity contribution >= 4 is 23.7 Å². The Bertz CT molecular complexity index is 830. The minimum absolute atomic E-state index is 0.0926. The number of carbonyl (C=O) groups excluding carboxylic acids is 3. The maximum Gasteiger partial charge on any atom is 0.303 e. The van der Waals surface area contributed by atoms with Gasteiger partial charge in [-0.3, -0.25) is 19.2 Å². The molecule has 2 rings (SSSR count). The molecular weight excluding hydrogens is 476 g/mol. The first-order valence-electron chi connectivity index (χ1n) is 12.8. The fraction of sp³-hybridized carbons (Fsp3) is 0.630. The minimum atomic E-state index is -0.691. The molecule has 0 saturated carbocycles. The van der Waals surface area contributed by atoms with Crippen LogP contribution >= 0.6 is 0 Å². The van der Waals surface area contributed by atoms with E-state index >= 15 is 0 Å². The fourth-order valence-electron chi connectivity index (χ4n) is 3.43. The summed E-state index contributed by atoms with van der Waals surface area (Å²) in [5.41, 5.74) is 11.5. The molecule has 0 spiro atoms. The van der Waals surface area contributed by atoms with E-state index in [2.05, 4.69) is 31.4 Å². The van der Waals surface area contributed by atoms with E-state index in [0.717, 1.165) is 44.3 Å². The van der Waals surface area contributed by atoms with Crippen LogP contribution in [0.3, 0.4) is 0 Å². The lowest BCUT2D eigenvalue weighted by Crippen LogP contribution is -2.44. The van der Waals surface area contributed by atoms with Gasteiger partial charge in [0.25, 0.3) is 0 Å². The van der Waals surface area contributed by atoms with Crippen LogP contribution in [-0.4, -0.2) is 53.0 Å². The highest BCUT2D eigenvalue weighted by Gasteiger charge is 2.19. The molecule has 1 fully saturated rings. The SMILES string of the molecule is CC(C)(C)CCCC(=O)O.CCCC(NC(=O)CCc1ccc(O)cc1)C(N)=O.NC(=O)C1CCNC1. The van der Waals surface area contributed by atoms with Gasteiger partial charge in [0.1, 0.15) is 11.8 Å². The van der Waals surface area contributed by atoms with Crippen molar-refractivity contribution in [3.8, 4) is 5.75 Å². The van der Waals surface area contributed by atoms with Crippen LogP contribution in [0.25, 0.3) is 0 Å². The number of rotatable bonds is 11. The monoisotopic (exact) mass is 522 g/mol. The van der Waals surface area contributed by atoms with E-state index in [1.54, 1.807) is 24.3 Å². The zero-order valence-electron chi connectivity index (χ0n) is 22.7. The molecule has 2 atom stereocenters. The molecule has 3 amide bonds. The Balaban J connectivity index is 0.000000599. The van der Waals surface area contributed by atoms with Crippen LogP contribution in [-0.2, 0) is 25.6 Å². The number of aromatic hydroxyl groups is 1. The highest BCUT2D eigenvalue weighted by atomic mass is 16.4. The van der Waals surface area contributed by atoms with Gasteiger partial charge in [-0.1, -0.05) is 46.2 Å². The number of amides is 3. The lowest BCUT2D eigenvalue weighted by atomic mass is 9.90. The van der Waals surface area contributed by atoms with Crippen molar-refractivity contribution in [3.63, 3.8) is 0 Å². The third-order valence-electron chi connectivity index (χ3n) is 5.61. The summed E-state index contributed by atoms with van der Waals surface area (Å²) in [6.45, 7) is 10.0. The van der Waals surface area contributed by atoms with E-state index in [4.69, 9.17) is 21.7 Å². The Kier molecular flexibility index (Phi) is 16.6. The summed E-state index contributed by atoms with van der Waals surface area (Å²) in [6, 6.07) is 6.10. The average molecular weight is 523 g/mol. The molecule has 1 aliphatic rings. The van der Waals surface area contributed by atoms with Crippen molar-refractivity contribution in [3.05, 3.63) is 29.8 Å². The molecular formula is C27H46N4O6. The summed E-state index contributed by atoms with van der Waals surface area (Å²) in [5.74, 6) is -1.26. The third kappa shape index (κ3) is 18.7. The van der Waals surface area contributed by atoms with Crippen LogP contribution in [0.1, 0.15) is 78.2 Å². The maximum absolute atomic E-state index is 11.7. The van der Waals surface area contributed by atoms with Gasteiger partial charge in [0.15, 0.2) is 0 Å². The number of benzene rings is 1. The lowest BCUT2D eigenvalue weighted by molar-refractivity contribution is -0.137. The smallest absolute Gasteiger partial charge is 0.303 e. The molecule has 1 heterocycles. The van der Waals surface area contributed by atoms with Crippen molar-refractivity contribution in [2.24, 2.45) is 22.8 Å². The molecule has 0 bridgehead atoms. The van der Waals surface area contributed by atoms with E-state index in [-0.39, 0.29) is 35.3 Å². The Morgan fingerprint density at radius 3 is 2.14 bits per heavy atom. The third-order valence-corrected chi connectivity index (χ3v) is 5.61. The van der Waals surface area contributed by atoms with Gasteiger partial charge in [-0.2, -0.15) is 0 Å². The van der Waals surface area contributed by atoms with Gasteiger partial charge in [-0.05, 0) is 61.8 Å². The number of phenolic OH excluding ortho intramolecular Hbond substituents is 1. The average Bonchev–Trinajstić information content (AvgIpc) is 3.34. The van der Waals surface area contributed by atoms with Gasteiger partial charge in [0.2, 0.25) is 17.7 Å². The van der Waals surface area contributed by atoms with E-state index in [1.807, 2.05) is 6.92 Å². The van der Waals surface area contributed by atoms with Crippen LogP contribution in [0.4, 0.5) is 0 Å². The van der Waals surface area contributed by atoms with Gasteiger partial charge in [-0.25, -0.2) is 0 Å². The highest BCUT2D eigenvalue weighted by molar-refractivity contribution is 5.86. The number of phenols is 1. The summed E-state index contributed by atoms with van der Waals surface area (Å²) < 4.78 is 0. The van der Waals surface area contributed by atoms with Gasteiger partial charge < -0.3 is 32.3 Å². The number of carboxylic acids is 1. The van der Waals surface area contributed by atoms with Gasteiger partial charge in [-0.15, -0.1) is 0 Å². The topological polar surface area (TPSA) is 185 Å². The standard InChI is InChI=1S/C14H20N2O3.C8H16O2.C5H10N2O/c1-2-3-12(14(15)19)16-13(18)9-6-10-4-7-11(17)8-5-10;1-8(2,3)6-4-5-7(9)10;6-5(8)4-1-2-7-3-4/h4-5,7-8,12,17H,2-3,6,9H2,1H3,(H2,15,19)(H,16,18);4-6H2,1-3H3,(H,9,10);4,7H,1-3H2,(H2,6,8). The summed E-state index contributed by atoms with van der Waals surface area (Å²) >= 11 is 0. The molecule has 1 aromatic rings. The minimum Gasteiger partial charge on any atom is -0.508 e. The van der Waals surface area contributed by atoms with E-state index in [1.165, 1.54) is 0 Å². The Morgan fingerprint density at radius 1 is 1.11 bits per heavy atom. The van der Waals surface area contributed by atoms with Gasteiger partial charge >= 0.3 is 5.97 Å². The van der Waals surface area contributed by atoms with Gasteiger partial charge in [0.05, 0.1) is 5.92 Å². The molecule has 8 N–H and O–H groups in total. The van der Waals surface area contributed by atoms with Crippen LogP contribution in [0.15, 0.2) is 24.3 Å². The molecule has 0 aliphatic carbocycles. The van der Waals surface area contributed by atoms with Crippen LogP contribution < -0.4 is 22.1 Å². The molecule has 210 valence electrons. The molecule has 1 aromatic carbocycles. The second-order valence-corrected chi connectivity index (χ2v) is 10.4. The first kappa shape index (κ1) is 33.9. The second-order valence-electron chi connectivity index (χ2n) is 10.4. The molecule has 10 heteroatoms. The lowest BCUT2D eigenvalue weighted by Gasteiger charge is -2.16. The number of aryl methyl sites for hydroxylation is 1. The number of hydrogen-bond donors (Lipinski definition) is 6. The van der Waals surface area contributed by atoms with Gasteiger partial charge in [0, 0.05) is 19.4 Å². The largest absolute Gasteiger partial charge is 0.508 e. The first-order chi connectivity index (χ1) is 17.2. The normalized spacial score (nSPS) is 15.3. The Hall–Kier alpha value is -3.14. The number of primary amides is 2. The molecule has 1 aliphatic heterocycles. The molecule has 37 heavy (non-hydrogen) atoms. The number of carboxylic acid groups (broad SMARTS) is 1. The van der Waals surface area contributed by atoms with Crippen LogP contribution in [0.2, 0.25) is 0 Å². The zero-order chi connectivity index (χ0) is 28.4. The number of nitrogens with two attached hydrogens (primary N) is 2. The summed E-state index contributed by atoms with van der Waals surface area (Å²) in [5, 5.41) is 23.1. The quantitative estimate of drug-likeness (QED) is 0.258. The first-order valence-corrected chi connectivity index (χ1v) is 12.8.